The van der Waals surface area contributed by atoms with Crippen LogP contribution in [0.2, 0.25) is 0 Å². The van der Waals surface area contributed by atoms with E-state index < -0.39 is 0 Å². The van der Waals surface area contributed by atoms with E-state index in [0.717, 1.165) is 63.1 Å². The van der Waals surface area contributed by atoms with E-state index in [0.29, 0.717) is 22.6 Å². The second kappa shape index (κ2) is 8.37. The molecule has 5 heterocycles. The van der Waals surface area contributed by atoms with Crippen LogP contribution in [0.15, 0.2) is 35.3 Å². The number of H-pyrrole nitrogens is 1. The van der Waals surface area contributed by atoms with Gasteiger partial charge in [-0.05, 0) is 45.1 Å². The van der Waals surface area contributed by atoms with Gasteiger partial charge in [0.05, 0.1) is 16.4 Å². The summed E-state index contributed by atoms with van der Waals surface area (Å²) in [6.07, 6.45) is 3.26. The standard InChI is InChI=1S/C24H28N8O2/c1-30-10-12-31(13-11-30)24-26-14-16-20(33)19(23(34)27-15-6-8-25-9-7-15)22-28-17-4-2-3-5-18(17)32(22)21(16)29-24/h2-5,14-15,25,28H,6-13H2,1H3,(H,27,34). The number of aromatic amines is 1. The summed E-state index contributed by atoms with van der Waals surface area (Å²) >= 11 is 0. The van der Waals surface area contributed by atoms with Crippen molar-refractivity contribution in [1.82, 2.24) is 34.9 Å². The Hall–Kier alpha value is -3.50. The monoisotopic (exact) mass is 460 g/mol. The van der Waals surface area contributed by atoms with Gasteiger partial charge in [-0.3, -0.25) is 14.0 Å². The van der Waals surface area contributed by atoms with Crippen LogP contribution in [0.1, 0.15) is 23.2 Å². The summed E-state index contributed by atoms with van der Waals surface area (Å²) in [7, 11) is 2.10. The van der Waals surface area contributed by atoms with E-state index in [-0.39, 0.29) is 22.9 Å². The molecule has 2 aliphatic heterocycles. The molecular formula is C24H28N8O2. The Morgan fingerprint density at radius 2 is 1.88 bits per heavy atom. The highest BCUT2D eigenvalue weighted by Crippen LogP contribution is 2.24. The van der Waals surface area contributed by atoms with E-state index >= 15 is 0 Å². The first-order chi connectivity index (χ1) is 16.6. The minimum atomic E-state index is -0.356. The number of nitrogens with zero attached hydrogens (tertiary/aromatic N) is 5. The summed E-state index contributed by atoms with van der Waals surface area (Å²) in [6.45, 7) is 5.22. The Balaban J connectivity index is 1.54. The van der Waals surface area contributed by atoms with E-state index in [1.165, 1.54) is 0 Å². The zero-order chi connectivity index (χ0) is 23.2. The fraction of sp³-hybridized carbons (Fsp3) is 0.417. The summed E-state index contributed by atoms with van der Waals surface area (Å²) in [5.41, 5.74) is 2.44. The Bertz CT molecular complexity index is 1440. The van der Waals surface area contributed by atoms with Gasteiger partial charge in [0.15, 0.2) is 5.65 Å². The van der Waals surface area contributed by atoms with Gasteiger partial charge in [0.1, 0.15) is 11.2 Å². The molecule has 0 bridgehead atoms. The van der Waals surface area contributed by atoms with Crippen molar-refractivity contribution in [3.05, 3.63) is 46.2 Å². The molecule has 2 fully saturated rings. The van der Waals surface area contributed by atoms with Crippen LogP contribution in [0.5, 0.6) is 0 Å². The quantitative estimate of drug-likeness (QED) is 0.418. The molecule has 2 saturated heterocycles. The molecule has 0 atom stereocenters. The van der Waals surface area contributed by atoms with E-state index in [1.54, 1.807) is 6.20 Å². The van der Waals surface area contributed by atoms with Crippen LogP contribution in [0.4, 0.5) is 5.95 Å². The number of imidazole rings is 1. The first-order valence-electron chi connectivity index (χ1n) is 11.9. The summed E-state index contributed by atoms with van der Waals surface area (Å²) < 4.78 is 1.89. The molecule has 0 spiro atoms. The average Bonchev–Trinajstić information content (AvgIpc) is 3.24. The third-order valence-corrected chi connectivity index (χ3v) is 6.99. The number of pyridine rings is 1. The number of nitrogens with one attached hydrogen (secondary N) is 3. The number of amides is 1. The second-order valence-electron chi connectivity index (χ2n) is 9.23. The number of rotatable bonds is 3. The normalized spacial score (nSPS) is 18.2. The molecule has 176 valence electrons. The highest BCUT2D eigenvalue weighted by atomic mass is 16.2. The molecular weight excluding hydrogens is 432 g/mol. The van der Waals surface area contributed by atoms with Crippen LogP contribution in [0.25, 0.3) is 27.7 Å². The van der Waals surface area contributed by atoms with Crippen molar-refractivity contribution in [3.8, 4) is 0 Å². The fourth-order valence-electron chi connectivity index (χ4n) is 5.00. The lowest BCUT2D eigenvalue weighted by molar-refractivity contribution is 0.0930. The Labute approximate surface area is 196 Å². The lowest BCUT2D eigenvalue weighted by Crippen LogP contribution is -2.45. The van der Waals surface area contributed by atoms with Gasteiger partial charge in [0.2, 0.25) is 11.4 Å². The van der Waals surface area contributed by atoms with Crippen LogP contribution < -0.4 is 21.0 Å². The van der Waals surface area contributed by atoms with E-state index in [9.17, 15) is 9.59 Å². The van der Waals surface area contributed by atoms with Crippen LogP contribution in [-0.2, 0) is 0 Å². The molecule has 4 aromatic rings. The van der Waals surface area contributed by atoms with Crippen LogP contribution in [-0.4, -0.2) is 82.5 Å². The molecule has 10 nitrogen and oxygen atoms in total. The summed E-state index contributed by atoms with van der Waals surface area (Å²) in [6, 6.07) is 7.82. The number of hydrogen-bond donors (Lipinski definition) is 3. The molecule has 0 saturated carbocycles. The fourth-order valence-corrected chi connectivity index (χ4v) is 5.00. The van der Waals surface area contributed by atoms with Gasteiger partial charge < -0.3 is 25.4 Å². The maximum atomic E-state index is 13.6. The van der Waals surface area contributed by atoms with Crippen molar-refractivity contribution in [2.24, 2.45) is 0 Å². The average molecular weight is 461 g/mol. The third-order valence-electron chi connectivity index (χ3n) is 6.99. The van der Waals surface area contributed by atoms with Crippen molar-refractivity contribution in [2.75, 3.05) is 51.2 Å². The summed E-state index contributed by atoms with van der Waals surface area (Å²) in [5, 5.41) is 6.72. The molecule has 0 aliphatic carbocycles. The topological polar surface area (TPSA) is 111 Å². The Kier molecular flexibility index (Phi) is 5.19. The highest BCUT2D eigenvalue weighted by Gasteiger charge is 2.26. The molecule has 0 radical (unpaired) electrons. The van der Waals surface area contributed by atoms with Crippen molar-refractivity contribution < 1.29 is 4.79 Å². The number of piperazine rings is 1. The molecule has 0 unspecified atom stereocenters. The number of fused-ring (bicyclic) bond motifs is 5. The van der Waals surface area contributed by atoms with Gasteiger partial charge in [-0.2, -0.15) is 4.98 Å². The van der Waals surface area contributed by atoms with E-state index in [1.807, 2.05) is 28.7 Å². The second-order valence-corrected chi connectivity index (χ2v) is 9.23. The highest BCUT2D eigenvalue weighted by molar-refractivity contribution is 6.05. The van der Waals surface area contributed by atoms with Crippen LogP contribution >= 0.6 is 0 Å². The van der Waals surface area contributed by atoms with Gasteiger partial charge in [0, 0.05) is 38.4 Å². The number of piperidine rings is 1. The van der Waals surface area contributed by atoms with Crippen LogP contribution in [0, 0.1) is 0 Å². The van der Waals surface area contributed by atoms with Gasteiger partial charge >= 0.3 is 0 Å². The smallest absolute Gasteiger partial charge is 0.259 e. The van der Waals surface area contributed by atoms with Crippen molar-refractivity contribution in [1.29, 1.82) is 0 Å². The minimum Gasteiger partial charge on any atom is -0.349 e. The predicted octanol–water partition coefficient (Wildman–Crippen LogP) is 0.958. The Morgan fingerprint density at radius 3 is 2.68 bits per heavy atom. The number of carbonyl (C=O) groups excluding carboxylic acids is 1. The molecule has 3 aromatic heterocycles. The first-order valence-corrected chi connectivity index (χ1v) is 11.9. The Morgan fingerprint density at radius 1 is 1.12 bits per heavy atom. The van der Waals surface area contributed by atoms with Crippen molar-refractivity contribution in [2.45, 2.75) is 18.9 Å². The molecule has 6 rings (SSSR count). The van der Waals surface area contributed by atoms with E-state index in [4.69, 9.17) is 4.98 Å². The number of benzene rings is 1. The largest absolute Gasteiger partial charge is 0.349 e. The van der Waals surface area contributed by atoms with Gasteiger partial charge in [-0.1, -0.05) is 12.1 Å². The van der Waals surface area contributed by atoms with Crippen molar-refractivity contribution >= 4 is 39.6 Å². The molecule has 2 aliphatic rings. The maximum Gasteiger partial charge on any atom is 0.259 e. The predicted molar refractivity (Wildman–Crippen MR) is 132 cm³/mol. The van der Waals surface area contributed by atoms with Gasteiger partial charge in [0.25, 0.3) is 5.91 Å². The molecule has 3 N–H and O–H groups in total. The minimum absolute atomic E-state index is 0.0455. The molecule has 10 heteroatoms. The van der Waals surface area contributed by atoms with Crippen LogP contribution in [0.3, 0.4) is 0 Å². The van der Waals surface area contributed by atoms with E-state index in [2.05, 4.69) is 37.4 Å². The molecule has 1 amide bonds. The maximum absolute atomic E-state index is 13.6. The number of carbonyl (C=O) groups is 1. The first kappa shape index (κ1) is 21.1. The van der Waals surface area contributed by atoms with Gasteiger partial charge in [-0.15, -0.1) is 0 Å². The number of likely N-dealkylation sites (N-methyl/N-ethyl adjacent to an activating group) is 1. The number of para-hydroxylation sites is 2. The third kappa shape index (κ3) is 3.50. The zero-order valence-corrected chi connectivity index (χ0v) is 19.2. The molecule has 1 aromatic carbocycles. The molecule has 34 heavy (non-hydrogen) atoms. The number of anilines is 1. The lowest BCUT2D eigenvalue weighted by atomic mass is 10.1. The number of aromatic nitrogens is 4. The number of hydrogen-bond acceptors (Lipinski definition) is 7. The SMILES string of the molecule is CN1CCN(c2ncc3c(=O)c(C(=O)NC4CCNCC4)c4[nH]c5ccccc5n4c3n2)CC1. The lowest BCUT2D eigenvalue weighted by Gasteiger charge is -2.32. The van der Waals surface area contributed by atoms with Gasteiger partial charge in [-0.25, -0.2) is 4.98 Å². The summed E-state index contributed by atoms with van der Waals surface area (Å²) in [5.74, 6) is 0.247. The summed E-state index contributed by atoms with van der Waals surface area (Å²) in [4.78, 5) is 44.1. The zero-order valence-electron chi connectivity index (χ0n) is 19.2. The van der Waals surface area contributed by atoms with Crippen molar-refractivity contribution in [3.63, 3.8) is 0 Å².